The summed E-state index contributed by atoms with van der Waals surface area (Å²) in [5.41, 5.74) is 1.98. The van der Waals surface area contributed by atoms with Gasteiger partial charge in [-0.15, -0.1) is 11.3 Å². The van der Waals surface area contributed by atoms with E-state index in [1.807, 2.05) is 35.7 Å². The number of halogens is 1. The summed E-state index contributed by atoms with van der Waals surface area (Å²) in [6.07, 6.45) is 0. The first-order valence-corrected chi connectivity index (χ1v) is 10.2. The lowest BCUT2D eigenvalue weighted by atomic mass is 10.2. The van der Waals surface area contributed by atoms with Gasteiger partial charge < -0.3 is 9.80 Å². The molecule has 1 fully saturated rings. The van der Waals surface area contributed by atoms with Crippen molar-refractivity contribution in [2.24, 2.45) is 0 Å². The minimum atomic E-state index is -0.0986. The Morgan fingerprint density at radius 2 is 1.79 bits per heavy atom. The summed E-state index contributed by atoms with van der Waals surface area (Å²) >= 11 is 7.73. The van der Waals surface area contributed by atoms with Gasteiger partial charge >= 0.3 is 0 Å². The van der Waals surface area contributed by atoms with Crippen molar-refractivity contribution >= 4 is 34.8 Å². The van der Waals surface area contributed by atoms with Gasteiger partial charge in [0.15, 0.2) is 0 Å². The summed E-state index contributed by atoms with van der Waals surface area (Å²) < 4.78 is 1.65. The normalized spacial score (nSPS) is 14.4. The zero-order valence-electron chi connectivity index (χ0n) is 15.3. The van der Waals surface area contributed by atoms with E-state index >= 15 is 0 Å². The van der Waals surface area contributed by atoms with E-state index in [9.17, 15) is 9.59 Å². The van der Waals surface area contributed by atoms with Crippen molar-refractivity contribution < 1.29 is 9.59 Å². The van der Waals surface area contributed by atoms with Gasteiger partial charge in [0.05, 0.1) is 10.6 Å². The van der Waals surface area contributed by atoms with Crippen LogP contribution in [0.2, 0.25) is 5.02 Å². The maximum absolute atomic E-state index is 13.3. The smallest absolute Gasteiger partial charge is 0.272 e. The molecule has 1 aliphatic heterocycles. The van der Waals surface area contributed by atoms with Crippen LogP contribution in [-0.2, 0) is 4.79 Å². The fourth-order valence-electron chi connectivity index (χ4n) is 3.27. The quantitative estimate of drug-likeness (QED) is 0.658. The number of rotatable bonds is 3. The van der Waals surface area contributed by atoms with Crippen molar-refractivity contribution in [2.75, 3.05) is 26.2 Å². The van der Waals surface area contributed by atoms with Crippen LogP contribution in [0.25, 0.3) is 16.3 Å². The molecule has 144 valence electrons. The van der Waals surface area contributed by atoms with Crippen LogP contribution in [0.1, 0.15) is 17.4 Å². The molecule has 0 unspecified atom stereocenters. The summed E-state index contributed by atoms with van der Waals surface area (Å²) in [5.74, 6) is -0.0606. The number of aromatic nitrogens is 2. The van der Waals surface area contributed by atoms with Crippen molar-refractivity contribution in [1.82, 2.24) is 19.6 Å². The zero-order valence-corrected chi connectivity index (χ0v) is 16.9. The Morgan fingerprint density at radius 3 is 2.43 bits per heavy atom. The Labute approximate surface area is 171 Å². The summed E-state index contributed by atoms with van der Waals surface area (Å²) in [5, 5.41) is 7.24. The molecule has 0 saturated carbocycles. The average molecular weight is 415 g/mol. The number of piperazine rings is 1. The van der Waals surface area contributed by atoms with E-state index in [1.54, 1.807) is 44.9 Å². The van der Waals surface area contributed by atoms with Crippen LogP contribution in [-0.4, -0.2) is 57.6 Å². The molecule has 8 heteroatoms. The predicted molar refractivity (Wildman–Crippen MR) is 110 cm³/mol. The molecule has 2 aromatic heterocycles. The first-order chi connectivity index (χ1) is 13.5. The first-order valence-electron chi connectivity index (χ1n) is 8.97. The van der Waals surface area contributed by atoms with Crippen LogP contribution < -0.4 is 0 Å². The number of hydrogen-bond donors (Lipinski definition) is 0. The number of amides is 2. The third-order valence-corrected chi connectivity index (χ3v) is 5.89. The fraction of sp³-hybridized carbons (Fsp3) is 0.250. The minimum Gasteiger partial charge on any atom is -0.339 e. The molecule has 3 heterocycles. The topological polar surface area (TPSA) is 58.4 Å². The van der Waals surface area contributed by atoms with E-state index in [0.717, 1.165) is 16.3 Å². The van der Waals surface area contributed by atoms with Gasteiger partial charge in [-0.3, -0.25) is 9.59 Å². The monoisotopic (exact) mass is 414 g/mol. The highest BCUT2D eigenvalue weighted by Gasteiger charge is 2.27. The highest BCUT2D eigenvalue weighted by Crippen LogP contribution is 2.27. The van der Waals surface area contributed by atoms with Crippen molar-refractivity contribution in [2.45, 2.75) is 6.92 Å². The lowest BCUT2D eigenvalue weighted by molar-refractivity contribution is -0.130. The number of benzene rings is 1. The van der Waals surface area contributed by atoms with E-state index in [0.29, 0.717) is 36.9 Å². The molecule has 1 saturated heterocycles. The highest BCUT2D eigenvalue weighted by atomic mass is 35.5. The molecule has 0 bridgehead atoms. The van der Waals surface area contributed by atoms with E-state index in [2.05, 4.69) is 5.10 Å². The van der Waals surface area contributed by atoms with Crippen LogP contribution in [0.15, 0.2) is 47.8 Å². The zero-order chi connectivity index (χ0) is 19.7. The van der Waals surface area contributed by atoms with E-state index in [1.165, 1.54) is 0 Å². The van der Waals surface area contributed by atoms with E-state index < -0.39 is 0 Å². The maximum Gasteiger partial charge on any atom is 0.272 e. The molecule has 0 aliphatic carbocycles. The van der Waals surface area contributed by atoms with Gasteiger partial charge in [-0.2, -0.15) is 5.10 Å². The molecule has 0 N–H and O–H groups in total. The molecule has 1 aliphatic rings. The summed E-state index contributed by atoms with van der Waals surface area (Å²) in [6.45, 7) is 3.66. The lowest BCUT2D eigenvalue weighted by Gasteiger charge is -2.34. The third-order valence-electron chi connectivity index (χ3n) is 4.77. The van der Waals surface area contributed by atoms with Crippen molar-refractivity contribution in [3.05, 3.63) is 58.6 Å². The molecule has 0 atom stereocenters. The SMILES string of the molecule is CC(=O)N1CCN(C(=O)c2cc(-c3cccs3)nn2-c2cccc(Cl)c2)CC1. The largest absolute Gasteiger partial charge is 0.339 e. The molecule has 3 aromatic rings. The van der Waals surface area contributed by atoms with Gasteiger partial charge in [0.2, 0.25) is 5.91 Å². The number of thiophene rings is 1. The molecule has 0 radical (unpaired) electrons. The van der Waals surface area contributed by atoms with Crippen molar-refractivity contribution in [1.29, 1.82) is 0 Å². The molecule has 6 nitrogen and oxygen atoms in total. The van der Waals surface area contributed by atoms with Crippen LogP contribution in [0, 0.1) is 0 Å². The molecule has 4 rings (SSSR count). The average Bonchev–Trinajstić information content (AvgIpc) is 3.37. The minimum absolute atomic E-state index is 0.0380. The summed E-state index contributed by atoms with van der Waals surface area (Å²) in [6, 6.07) is 13.1. The van der Waals surface area contributed by atoms with Gasteiger partial charge in [0.1, 0.15) is 11.4 Å². The Bertz CT molecular complexity index is 1010. The molecule has 28 heavy (non-hydrogen) atoms. The van der Waals surface area contributed by atoms with Crippen molar-refractivity contribution in [3.8, 4) is 16.3 Å². The van der Waals surface area contributed by atoms with Gasteiger partial charge in [0.25, 0.3) is 5.91 Å². The lowest BCUT2D eigenvalue weighted by Crippen LogP contribution is -2.50. The third kappa shape index (κ3) is 3.68. The van der Waals surface area contributed by atoms with Gasteiger partial charge in [-0.1, -0.05) is 23.7 Å². The van der Waals surface area contributed by atoms with Crippen LogP contribution in [0.3, 0.4) is 0 Å². The standard InChI is InChI=1S/C20H19ClN4O2S/c1-14(26)23-7-9-24(10-8-23)20(27)18-13-17(19-6-3-11-28-19)22-25(18)16-5-2-4-15(21)12-16/h2-6,11-13H,7-10H2,1H3. The van der Waals surface area contributed by atoms with Crippen LogP contribution >= 0.6 is 22.9 Å². The van der Waals surface area contributed by atoms with Crippen molar-refractivity contribution in [3.63, 3.8) is 0 Å². The molecular formula is C20H19ClN4O2S. The Morgan fingerprint density at radius 1 is 1.04 bits per heavy atom. The molecule has 2 amide bonds. The number of nitrogens with zero attached hydrogens (tertiary/aromatic N) is 4. The molecular weight excluding hydrogens is 396 g/mol. The van der Waals surface area contributed by atoms with Crippen LogP contribution in [0.4, 0.5) is 0 Å². The maximum atomic E-state index is 13.3. The first kappa shape index (κ1) is 18.7. The van der Waals surface area contributed by atoms with Gasteiger partial charge in [0, 0.05) is 38.1 Å². The summed E-state index contributed by atoms with van der Waals surface area (Å²) in [4.78, 5) is 29.3. The summed E-state index contributed by atoms with van der Waals surface area (Å²) in [7, 11) is 0. The Hall–Kier alpha value is -2.64. The highest BCUT2D eigenvalue weighted by molar-refractivity contribution is 7.13. The second kappa shape index (κ2) is 7.77. The number of hydrogen-bond acceptors (Lipinski definition) is 4. The van der Waals surface area contributed by atoms with E-state index in [4.69, 9.17) is 11.6 Å². The molecule has 0 spiro atoms. The van der Waals surface area contributed by atoms with E-state index in [-0.39, 0.29) is 11.8 Å². The Kier molecular flexibility index (Phi) is 5.19. The fourth-order valence-corrected chi connectivity index (χ4v) is 4.14. The predicted octanol–water partition coefficient (Wildman–Crippen LogP) is 3.56. The number of carbonyl (C=O) groups excluding carboxylic acids is 2. The second-order valence-electron chi connectivity index (χ2n) is 6.58. The second-order valence-corrected chi connectivity index (χ2v) is 7.97. The molecule has 1 aromatic carbocycles. The number of carbonyl (C=O) groups is 2. The van der Waals surface area contributed by atoms with Gasteiger partial charge in [-0.05, 0) is 35.7 Å². The van der Waals surface area contributed by atoms with Gasteiger partial charge in [-0.25, -0.2) is 4.68 Å². The Balaban J connectivity index is 1.69. The van der Waals surface area contributed by atoms with Crippen LogP contribution in [0.5, 0.6) is 0 Å².